The van der Waals surface area contributed by atoms with Crippen LogP contribution in [-0.4, -0.2) is 56.6 Å². The van der Waals surface area contributed by atoms with E-state index in [1.165, 1.54) is 4.90 Å². The van der Waals surface area contributed by atoms with E-state index in [1.54, 1.807) is 38.1 Å². The molecule has 8 nitrogen and oxygen atoms in total. The largest absolute Gasteiger partial charge is 0.492 e. The van der Waals surface area contributed by atoms with Crippen LogP contribution in [0.25, 0.3) is 0 Å². The number of rotatable bonds is 12. The number of carbonyl (C=O) groups is 2. The fourth-order valence-corrected chi connectivity index (χ4v) is 4.72. The van der Waals surface area contributed by atoms with E-state index in [2.05, 4.69) is 21.2 Å². The molecule has 0 radical (unpaired) electrons. The van der Waals surface area contributed by atoms with Crippen LogP contribution in [-0.2, 0) is 26.2 Å². The maximum absolute atomic E-state index is 13.6. The van der Waals surface area contributed by atoms with Gasteiger partial charge in [0.25, 0.3) is 0 Å². The van der Waals surface area contributed by atoms with Crippen LogP contribution in [0.1, 0.15) is 39.7 Å². The van der Waals surface area contributed by atoms with Gasteiger partial charge in [0.05, 0.1) is 18.6 Å². The summed E-state index contributed by atoms with van der Waals surface area (Å²) < 4.78 is 33.0. The molecular weight excluding hydrogens is 534 g/mol. The van der Waals surface area contributed by atoms with E-state index in [0.29, 0.717) is 12.4 Å². The SMILES string of the molecule is CCOc1ccccc1N(CC(=O)N(Cc1cccc(Br)c1)[C@@H](C)C(=O)N[C@H](C)CC)S(C)(=O)=O. The number of para-hydroxylation sites is 2. The van der Waals surface area contributed by atoms with Crippen LogP contribution in [0, 0.1) is 0 Å². The molecule has 0 aliphatic heterocycles. The molecule has 0 saturated heterocycles. The van der Waals surface area contributed by atoms with Gasteiger partial charge in [0.15, 0.2) is 0 Å². The number of nitrogens with one attached hydrogen (secondary N) is 1. The van der Waals surface area contributed by atoms with Gasteiger partial charge >= 0.3 is 0 Å². The Morgan fingerprint density at radius 1 is 1.09 bits per heavy atom. The molecule has 2 rings (SSSR count). The predicted octanol–water partition coefficient (Wildman–Crippen LogP) is 3.95. The van der Waals surface area contributed by atoms with Crippen molar-refractivity contribution in [2.75, 3.05) is 23.7 Å². The molecule has 2 aromatic carbocycles. The third-order valence-electron chi connectivity index (χ3n) is 5.52. The average Bonchev–Trinajstić information content (AvgIpc) is 2.80. The van der Waals surface area contributed by atoms with Crippen molar-refractivity contribution in [3.8, 4) is 5.75 Å². The van der Waals surface area contributed by atoms with Crippen LogP contribution < -0.4 is 14.4 Å². The molecule has 0 bridgehead atoms. The fourth-order valence-electron chi connectivity index (χ4n) is 3.42. The van der Waals surface area contributed by atoms with Crippen molar-refractivity contribution in [1.82, 2.24) is 10.2 Å². The second-order valence-corrected chi connectivity index (χ2v) is 11.1. The first-order valence-electron chi connectivity index (χ1n) is 11.5. The number of amides is 2. The maximum atomic E-state index is 13.6. The van der Waals surface area contributed by atoms with Crippen LogP contribution in [0.15, 0.2) is 53.0 Å². The molecule has 0 aliphatic rings. The van der Waals surface area contributed by atoms with Gasteiger partial charge in [-0.3, -0.25) is 13.9 Å². The van der Waals surface area contributed by atoms with Gasteiger partial charge in [0.1, 0.15) is 18.3 Å². The molecule has 0 unspecified atom stereocenters. The molecule has 2 aromatic rings. The third-order valence-corrected chi connectivity index (χ3v) is 7.14. The topological polar surface area (TPSA) is 96.0 Å². The molecule has 0 spiro atoms. The zero-order valence-electron chi connectivity index (χ0n) is 20.8. The number of hydrogen-bond donors (Lipinski definition) is 1. The zero-order valence-corrected chi connectivity index (χ0v) is 23.2. The van der Waals surface area contributed by atoms with Crippen molar-refractivity contribution in [2.24, 2.45) is 0 Å². The van der Waals surface area contributed by atoms with Gasteiger partial charge in [-0.15, -0.1) is 0 Å². The van der Waals surface area contributed by atoms with Crippen molar-refractivity contribution < 1.29 is 22.7 Å². The van der Waals surface area contributed by atoms with E-state index in [9.17, 15) is 18.0 Å². The molecule has 0 saturated carbocycles. The summed E-state index contributed by atoms with van der Waals surface area (Å²) in [6, 6.07) is 13.2. The molecular formula is C25H34BrN3O5S. The van der Waals surface area contributed by atoms with Gasteiger partial charge in [0.2, 0.25) is 21.8 Å². The molecule has 2 amide bonds. The quantitative estimate of drug-likeness (QED) is 0.419. The average molecular weight is 569 g/mol. The normalized spacial score (nSPS) is 13.0. The minimum Gasteiger partial charge on any atom is -0.492 e. The molecule has 0 aliphatic carbocycles. The monoisotopic (exact) mass is 567 g/mol. The number of halogens is 1. The minimum atomic E-state index is -3.84. The molecule has 0 heterocycles. The Morgan fingerprint density at radius 3 is 2.37 bits per heavy atom. The number of carbonyl (C=O) groups excluding carboxylic acids is 2. The summed E-state index contributed by atoms with van der Waals surface area (Å²) in [7, 11) is -3.84. The Bertz CT molecular complexity index is 1130. The predicted molar refractivity (Wildman–Crippen MR) is 142 cm³/mol. The maximum Gasteiger partial charge on any atom is 0.244 e. The molecule has 192 valence electrons. The number of hydrogen-bond acceptors (Lipinski definition) is 5. The van der Waals surface area contributed by atoms with Gasteiger partial charge in [0, 0.05) is 17.1 Å². The van der Waals surface area contributed by atoms with Crippen molar-refractivity contribution in [3.05, 3.63) is 58.6 Å². The first-order chi connectivity index (χ1) is 16.5. The molecule has 0 aromatic heterocycles. The van der Waals surface area contributed by atoms with E-state index in [-0.39, 0.29) is 24.2 Å². The summed E-state index contributed by atoms with van der Waals surface area (Å²) >= 11 is 3.43. The molecule has 1 N–H and O–H groups in total. The van der Waals surface area contributed by atoms with Crippen molar-refractivity contribution in [2.45, 2.75) is 52.7 Å². The van der Waals surface area contributed by atoms with E-state index in [1.807, 2.05) is 38.1 Å². The molecule has 0 fully saturated rings. The highest BCUT2D eigenvalue weighted by Gasteiger charge is 2.31. The van der Waals surface area contributed by atoms with Gasteiger partial charge < -0.3 is 15.0 Å². The van der Waals surface area contributed by atoms with Gasteiger partial charge in [-0.25, -0.2) is 8.42 Å². The van der Waals surface area contributed by atoms with Crippen LogP contribution >= 0.6 is 15.9 Å². The summed E-state index contributed by atoms with van der Waals surface area (Å²) in [6.45, 7) is 7.29. The first kappa shape index (κ1) is 28.6. The lowest BCUT2D eigenvalue weighted by Crippen LogP contribution is -2.52. The van der Waals surface area contributed by atoms with Gasteiger partial charge in [-0.2, -0.15) is 0 Å². The lowest BCUT2D eigenvalue weighted by Gasteiger charge is -2.32. The Balaban J connectivity index is 2.43. The first-order valence-corrected chi connectivity index (χ1v) is 14.2. The number of sulfonamides is 1. The van der Waals surface area contributed by atoms with E-state index >= 15 is 0 Å². The number of anilines is 1. The standard InChI is InChI=1S/C25H34BrN3O5S/c1-6-18(3)27-25(31)19(4)28(16-20-11-10-12-21(26)15-20)24(30)17-29(35(5,32)33)22-13-8-9-14-23(22)34-7-2/h8-15,18-19H,6-7,16-17H2,1-5H3,(H,27,31)/t18-,19+/m1/s1. The van der Waals surface area contributed by atoms with Crippen molar-refractivity contribution in [3.63, 3.8) is 0 Å². The van der Waals surface area contributed by atoms with Crippen LogP contribution in [0.4, 0.5) is 5.69 Å². The van der Waals surface area contributed by atoms with Crippen LogP contribution in [0.3, 0.4) is 0 Å². The second-order valence-electron chi connectivity index (χ2n) is 8.32. The van der Waals surface area contributed by atoms with Crippen molar-refractivity contribution >= 4 is 43.5 Å². The van der Waals surface area contributed by atoms with Gasteiger partial charge in [-0.05, 0) is 57.0 Å². The number of ether oxygens (including phenoxy) is 1. The number of nitrogens with zero attached hydrogens (tertiary/aromatic N) is 2. The molecule has 2 atom stereocenters. The molecule has 10 heteroatoms. The van der Waals surface area contributed by atoms with Crippen LogP contribution in [0.2, 0.25) is 0 Å². The Labute approximate surface area is 216 Å². The van der Waals surface area contributed by atoms with Crippen LogP contribution in [0.5, 0.6) is 5.75 Å². The summed E-state index contributed by atoms with van der Waals surface area (Å²) in [5.41, 5.74) is 1.07. The van der Waals surface area contributed by atoms with E-state index in [0.717, 1.165) is 27.0 Å². The fraction of sp³-hybridized carbons (Fsp3) is 0.440. The number of benzene rings is 2. The lowest BCUT2D eigenvalue weighted by atomic mass is 10.1. The lowest BCUT2D eigenvalue weighted by molar-refractivity contribution is -0.139. The van der Waals surface area contributed by atoms with Crippen molar-refractivity contribution in [1.29, 1.82) is 0 Å². The summed E-state index contributed by atoms with van der Waals surface area (Å²) in [5.74, 6) is -0.453. The highest BCUT2D eigenvalue weighted by atomic mass is 79.9. The van der Waals surface area contributed by atoms with Gasteiger partial charge in [-0.1, -0.05) is 47.1 Å². The Hall–Kier alpha value is -2.59. The summed E-state index contributed by atoms with van der Waals surface area (Å²) in [5, 5.41) is 2.91. The van der Waals surface area contributed by atoms with E-state index in [4.69, 9.17) is 4.74 Å². The summed E-state index contributed by atoms with van der Waals surface area (Å²) in [6.07, 6.45) is 1.79. The third kappa shape index (κ3) is 8.24. The highest BCUT2D eigenvalue weighted by Crippen LogP contribution is 2.30. The smallest absolute Gasteiger partial charge is 0.244 e. The summed E-state index contributed by atoms with van der Waals surface area (Å²) in [4.78, 5) is 28.0. The Kier molecular flexibility index (Phi) is 10.6. The Morgan fingerprint density at radius 2 is 1.77 bits per heavy atom. The minimum absolute atomic E-state index is 0.0571. The highest BCUT2D eigenvalue weighted by molar-refractivity contribution is 9.10. The second kappa shape index (κ2) is 12.9. The van der Waals surface area contributed by atoms with E-state index < -0.39 is 28.5 Å². The molecule has 35 heavy (non-hydrogen) atoms. The zero-order chi connectivity index (χ0) is 26.2.